The van der Waals surface area contributed by atoms with Gasteiger partial charge in [0.1, 0.15) is 18.1 Å². The second-order valence-electron chi connectivity index (χ2n) is 7.03. The summed E-state index contributed by atoms with van der Waals surface area (Å²) in [5, 5.41) is 16.8. The van der Waals surface area contributed by atoms with E-state index in [0.29, 0.717) is 18.6 Å². The van der Waals surface area contributed by atoms with Gasteiger partial charge in [-0.05, 0) is 49.7 Å². The fourth-order valence-electron chi connectivity index (χ4n) is 2.33. The van der Waals surface area contributed by atoms with Crippen LogP contribution in [0.2, 0.25) is 0 Å². The SMILES string of the molecule is CSCCC(N)C(=O)NC(CCSC)C(=O)NC(C)C(=O)NC(C(=O)O)C(C)C. The molecule has 0 aromatic carbocycles. The predicted molar refractivity (Wildman–Crippen MR) is 118 cm³/mol. The van der Waals surface area contributed by atoms with E-state index < -0.39 is 47.9 Å². The maximum atomic E-state index is 12.6. The molecule has 0 aliphatic carbocycles. The molecule has 0 radical (unpaired) electrons. The molecule has 3 amide bonds. The van der Waals surface area contributed by atoms with Gasteiger partial charge >= 0.3 is 5.97 Å². The highest BCUT2D eigenvalue weighted by molar-refractivity contribution is 7.98. The Hall–Kier alpha value is -1.46. The third kappa shape index (κ3) is 10.8. The number of amides is 3. The second-order valence-corrected chi connectivity index (χ2v) is 9.00. The van der Waals surface area contributed by atoms with E-state index in [4.69, 9.17) is 5.73 Å². The van der Waals surface area contributed by atoms with Crippen LogP contribution in [-0.4, -0.2) is 77.0 Å². The monoisotopic (exact) mass is 450 g/mol. The van der Waals surface area contributed by atoms with Gasteiger partial charge in [-0.3, -0.25) is 14.4 Å². The third-order valence-electron chi connectivity index (χ3n) is 4.20. The molecular weight excluding hydrogens is 416 g/mol. The van der Waals surface area contributed by atoms with E-state index in [1.54, 1.807) is 25.6 Å². The summed E-state index contributed by atoms with van der Waals surface area (Å²) in [4.78, 5) is 48.4. The number of carbonyl (C=O) groups excluding carboxylic acids is 3. The van der Waals surface area contributed by atoms with Crippen molar-refractivity contribution in [3.05, 3.63) is 0 Å². The summed E-state index contributed by atoms with van der Waals surface area (Å²) in [6.07, 6.45) is 4.68. The van der Waals surface area contributed by atoms with Crippen molar-refractivity contribution in [1.82, 2.24) is 16.0 Å². The summed E-state index contributed by atoms with van der Waals surface area (Å²) in [5.74, 6) is -1.62. The second kappa shape index (κ2) is 14.5. The van der Waals surface area contributed by atoms with E-state index in [2.05, 4.69) is 16.0 Å². The van der Waals surface area contributed by atoms with Gasteiger partial charge in [-0.15, -0.1) is 0 Å². The Labute approximate surface area is 181 Å². The molecule has 0 bridgehead atoms. The van der Waals surface area contributed by atoms with Crippen LogP contribution in [0.5, 0.6) is 0 Å². The smallest absolute Gasteiger partial charge is 0.326 e. The molecule has 0 spiro atoms. The number of carbonyl (C=O) groups is 4. The molecule has 4 unspecified atom stereocenters. The molecule has 0 aromatic rings. The van der Waals surface area contributed by atoms with Crippen molar-refractivity contribution >= 4 is 47.2 Å². The summed E-state index contributed by atoms with van der Waals surface area (Å²) < 4.78 is 0. The average molecular weight is 451 g/mol. The number of rotatable bonds is 14. The van der Waals surface area contributed by atoms with Crippen LogP contribution in [0.1, 0.15) is 33.6 Å². The topological polar surface area (TPSA) is 151 Å². The lowest BCUT2D eigenvalue weighted by Crippen LogP contribution is -2.57. The average Bonchev–Trinajstić information content (AvgIpc) is 2.65. The Morgan fingerprint density at radius 1 is 0.862 bits per heavy atom. The summed E-state index contributed by atoms with van der Waals surface area (Å²) in [6.45, 7) is 4.82. The first-order valence-corrected chi connectivity index (χ1v) is 12.2. The van der Waals surface area contributed by atoms with Gasteiger partial charge in [0.25, 0.3) is 0 Å². The van der Waals surface area contributed by atoms with Crippen LogP contribution in [0.3, 0.4) is 0 Å². The minimum Gasteiger partial charge on any atom is -0.480 e. The summed E-state index contributed by atoms with van der Waals surface area (Å²) in [5.41, 5.74) is 5.86. The number of aliphatic carboxylic acids is 1. The molecule has 0 aliphatic heterocycles. The van der Waals surface area contributed by atoms with E-state index in [1.807, 2.05) is 12.5 Å². The first-order valence-electron chi connectivity index (χ1n) is 9.42. The maximum absolute atomic E-state index is 12.6. The minimum atomic E-state index is -1.14. The highest BCUT2D eigenvalue weighted by Gasteiger charge is 2.29. The van der Waals surface area contributed by atoms with Crippen LogP contribution in [-0.2, 0) is 19.2 Å². The van der Waals surface area contributed by atoms with Gasteiger partial charge in [0.15, 0.2) is 0 Å². The highest BCUT2D eigenvalue weighted by Crippen LogP contribution is 2.05. The molecule has 29 heavy (non-hydrogen) atoms. The van der Waals surface area contributed by atoms with Gasteiger partial charge in [-0.1, -0.05) is 13.8 Å². The van der Waals surface area contributed by atoms with Crippen LogP contribution >= 0.6 is 23.5 Å². The molecule has 0 aliphatic rings. The lowest BCUT2D eigenvalue weighted by Gasteiger charge is -2.24. The fourth-order valence-corrected chi connectivity index (χ4v) is 3.29. The van der Waals surface area contributed by atoms with Crippen molar-refractivity contribution in [3.8, 4) is 0 Å². The molecule has 0 heterocycles. The van der Waals surface area contributed by atoms with Gasteiger partial charge in [-0.25, -0.2) is 4.79 Å². The predicted octanol–water partition coefficient (Wildman–Crippen LogP) is 0.0348. The molecule has 6 N–H and O–H groups in total. The van der Waals surface area contributed by atoms with E-state index in [-0.39, 0.29) is 5.92 Å². The Bertz CT molecular complexity index is 562. The molecule has 11 heteroatoms. The number of thioether (sulfide) groups is 2. The van der Waals surface area contributed by atoms with E-state index in [0.717, 1.165) is 5.75 Å². The van der Waals surface area contributed by atoms with Crippen molar-refractivity contribution in [2.24, 2.45) is 11.7 Å². The first kappa shape index (κ1) is 27.5. The largest absolute Gasteiger partial charge is 0.480 e. The lowest BCUT2D eigenvalue weighted by atomic mass is 10.0. The molecule has 0 saturated carbocycles. The highest BCUT2D eigenvalue weighted by atomic mass is 32.2. The number of nitrogens with one attached hydrogen (secondary N) is 3. The van der Waals surface area contributed by atoms with Crippen LogP contribution < -0.4 is 21.7 Å². The van der Waals surface area contributed by atoms with Crippen molar-refractivity contribution in [3.63, 3.8) is 0 Å². The quantitative estimate of drug-likeness (QED) is 0.249. The van der Waals surface area contributed by atoms with E-state index in [9.17, 15) is 24.3 Å². The molecule has 0 fully saturated rings. The normalized spacial score (nSPS) is 15.1. The molecule has 168 valence electrons. The molecular formula is C18H34N4O5S2. The molecule has 9 nitrogen and oxygen atoms in total. The standard InChI is InChI=1S/C18H34N4O5S2/c1-10(2)14(18(26)27)22-15(23)11(3)20-17(25)13(7-9-29-5)21-16(24)12(19)6-8-28-4/h10-14H,6-9,19H2,1-5H3,(H,20,25)(H,21,24)(H,22,23)(H,26,27). The van der Waals surface area contributed by atoms with Crippen molar-refractivity contribution < 1.29 is 24.3 Å². The number of nitrogens with two attached hydrogens (primary N) is 1. The lowest BCUT2D eigenvalue weighted by molar-refractivity contribution is -0.143. The first-order chi connectivity index (χ1) is 13.5. The number of carboxylic acid groups (broad SMARTS) is 1. The number of carboxylic acids is 1. The van der Waals surface area contributed by atoms with Gasteiger partial charge in [-0.2, -0.15) is 23.5 Å². The van der Waals surface area contributed by atoms with Gasteiger partial charge in [0.05, 0.1) is 6.04 Å². The van der Waals surface area contributed by atoms with Crippen molar-refractivity contribution in [2.75, 3.05) is 24.0 Å². The van der Waals surface area contributed by atoms with Crippen LogP contribution in [0.25, 0.3) is 0 Å². The van der Waals surface area contributed by atoms with E-state index >= 15 is 0 Å². The van der Waals surface area contributed by atoms with Gasteiger partial charge in [0.2, 0.25) is 17.7 Å². The van der Waals surface area contributed by atoms with Crippen molar-refractivity contribution in [2.45, 2.75) is 57.8 Å². The van der Waals surface area contributed by atoms with Crippen molar-refractivity contribution in [1.29, 1.82) is 0 Å². The Morgan fingerprint density at radius 3 is 1.90 bits per heavy atom. The van der Waals surface area contributed by atoms with E-state index in [1.165, 1.54) is 18.7 Å². The molecule has 0 saturated heterocycles. The molecule has 0 aromatic heterocycles. The zero-order chi connectivity index (χ0) is 22.6. The Morgan fingerprint density at radius 2 is 1.41 bits per heavy atom. The summed E-state index contributed by atoms with van der Waals surface area (Å²) in [7, 11) is 0. The van der Waals surface area contributed by atoms with Crippen LogP contribution in [0.4, 0.5) is 0 Å². The summed E-state index contributed by atoms with van der Waals surface area (Å²) in [6, 6.07) is -3.55. The minimum absolute atomic E-state index is 0.310. The van der Waals surface area contributed by atoms with Crippen LogP contribution in [0, 0.1) is 5.92 Å². The summed E-state index contributed by atoms with van der Waals surface area (Å²) >= 11 is 3.10. The number of hydrogen-bond acceptors (Lipinski definition) is 7. The Kier molecular flexibility index (Phi) is 13.8. The number of hydrogen-bond donors (Lipinski definition) is 5. The zero-order valence-corrected chi connectivity index (χ0v) is 19.3. The fraction of sp³-hybridized carbons (Fsp3) is 0.778. The molecule has 4 atom stereocenters. The third-order valence-corrected chi connectivity index (χ3v) is 5.48. The van der Waals surface area contributed by atoms with Crippen LogP contribution in [0.15, 0.2) is 0 Å². The Balaban J connectivity index is 4.96. The van der Waals surface area contributed by atoms with Gasteiger partial charge in [0, 0.05) is 0 Å². The molecule has 0 rings (SSSR count). The van der Waals surface area contributed by atoms with Gasteiger partial charge < -0.3 is 26.8 Å². The zero-order valence-electron chi connectivity index (χ0n) is 17.7. The maximum Gasteiger partial charge on any atom is 0.326 e.